The number of methoxy groups -OCH3 is 1. The molecule has 0 heterocycles. The lowest BCUT2D eigenvalue weighted by Crippen LogP contribution is -2.17. The van der Waals surface area contributed by atoms with Crippen molar-refractivity contribution in [2.45, 2.75) is 26.4 Å². The van der Waals surface area contributed by atoms with Crippen molar-refractivity contribution in [1.82, 2.24) is 0 Å². The van der Waals surface area contributed by atoms with E-state index in [0.29, 0.717) is 0 Å². The second kappa shape index (κ2) is 3.83. The van der Waals surface area contributed by atoms with Gasteiger partial charge in [-0.05, 0) is 13.8 Å². The van der Waals surface area contributed by atoms with Gasteiger partial charge in [0.25, 0.3) is 0 Å². The van der Waals surface area contributed by atoms with Gasteiger partial charge in [-0.1, -0.05) is 0 Å². The van der Waals surface area contributed by atoms with Crippen LogP contribution in [0.2, 0.25) is 0 Å². The Bertz CT molecular complexity index is 53.6. The van der Waals surface area contributed by atoms with Gasteiger partial charge in [0.05, 0.1) is 0 Å². The third kappa shape index (κ3) is 4.05. The molecule has 3 heteroatoms. The maximum absolute atomic E-state index is 8.55. The first-order chi connectivity index (χ1) is 3.66. The molecular formula is C5H12O3. The van der Waals surface area contributed by atoms with Gasteiger partial charge >= 0.3 is 0 Å². The largest absolute Gasteiger partial charge is 0.368 e. The first-order valence-electron chi connectivity index (χ1n) is 2.53. The van der Waals surface area contributed by atoms with E-state index in [1.807, 2.05) is 0 Å². The molecule has 0 aliphatic heterocycles. The van der Waals surface area contributed by atoms with Crippen LogP contribution in [0, 0.1) is 0 Å². The molecule has 0 spiro atoms. The highest BCUT2D eigenvalue weighted by Crippen LogP contribution is 1.93. The summed E-state index contributed by atoms with van der Waals surface area (Å²) in [5, 5.41) is 8.55. The van der Waals surface area contributed by atoms with Crippen LogP contribution in [0.1, 0.15) is 13.8 Å². The third-order valence-electron chi connectivity index (χ3n) is 0.721. The van der Waals surface area contributed by atoms with Crippen molar-refractivity contribution in [3.8, 4) is 0 Å². The topological polar surface area (TPSA) is 38.7 Å². The van der Waals surface area contributed by atoms with Gasteiger partial charge in [0.1, 0.15) is 0 Å². The predicted molar refractivity (Wildman–Crippen MR) is 29.2 cm³/mol. The molecule has 0 rings (SSSR count). The quantitative estimate of drug-likeness (QED) is 0.545. The number of ether oxygens (including phenoxy) is 2. The maximum Gasteiger partial charge on any atom is 0.157 e. The number of hydrogen-bond donors (Lipinski definition) is 1. The van der Waals surface area contributed by atoms with Gasteiger partial charge in [0.15, 0.2) is 12.6 Å². The highest BCUT2D eigenvalue weighted by atomic mass is 16.7. The van der Waals surface area contributed by atoms with Crippen LogP contribution in [0.5, 0.6) is 0 Å². The van der Waals surface area contributed by atoms with E-state index in [1.54, 1.807) is 6.92 Å². The van der Waals surface area contributed by atoms with Crippen LogP contribution in [0.25, 0.3) is 0 Å². The van der Waals surface area contributed by atoms with E-state index >= 15 is 0 Å². The van der Waals surface area contributed by atoms with Gasteiger partial charge in [0, 0.05) is 7.11 Å². The molecule has 3 nitrogen and oxygen atoms in total. The average molecular weight is 120 g/mol. The first kappa shape index (κ1) is 7.88. The standard InChI is InChI=1S/C5H12O3/c1-4(6)8-5(2)7-3/h4-6H,1-3H3. The molecule has 2 unspecified atom stereocenters. The number of rotatable bonds is 3. The Hall–Kier alpha value is -0.120. The van der Waals surface area contributed by atoms with Crippen molar-refractivity contribution in [3.05, 3.63) is 0 Å². The second-order valence-electron chi connectivity index (χ2n) is 1.54. The summed E-state index contributed by atoms with van der Waals surface area (Å²) in [6, 6.07) is 0. The van der Waals surface area contributed by atoms with Crippen molar-refractivity contribution in [2.75, 3.05) is 7.11 Å². The Kier molecular flexibility index (Phi) is 3.77. The van der Waals surface area contributed by atoms with E-state index in [2.05, 4.69) is 4.74 Å². The molecule has 0 radical (unpaired) electrons. The maximum atomic E-state index is 8.55. The molecule has 0 saturated carbocycles. The molecule has 0 saturated heterocycles. The summed E-state index contributed by atoms with van der Waals surface area (Å²) in [5.41, 5.74) is 0. The molecule has 0 aliphatic carbocycles. The highest BCUT2D eigenvalue weighted by molar-refractivity contribution is 4.28. The minimum atomic E-state index is -0.745. The molecule has 0 fully saturated rings. The van der Waals surface area contributed by atoms with E-state index in [4.69, 9.17) is 9.84 Å². The zero-order valence-corrected chi connectivity index (χ0v) is 5.42. The first-order valence-corrected chi connectivity index (χ1v) is 2.53. The summed E-state index contributed by atoms with van der Waals surface area (Å²) in [6.45, 7) is 3.25. The summed E-state index contributed by atoms with van der Waals surface area (Å²) in [6.07, 6.45) is -1.07. The number of aliphatic hydroxyl groups is 1. The Labute approximate surface area is 49.2 Å². The van der Waals surface area contributed by atoms with Gasteiger partial charge < -0.3 is 14.6 Å². The minimum absolute atomic E-state index is 0.324. The second-order valence-corrected chi connectivity index (χ2v) is 1.54. The predicted octanol–water partition coefficient (Wildman–Crippen LogP) is 0.334. The smallest absolute Gasteiger partial charge is 0.157 e. The van der Waals surface area contributed by atoms with Gasteiger partial charge in [-0.2, -0.15) is 0 Å². The fourth-order valence-electron chi connectivity index (χ4n) is 0.333. The molecule has 0 aromatic carbocycles. The lowest BCUT2D eigenvalue weighted by atomic mass is 10.7. The van der Waals surface area contributed by atoms with Crippen LogP contribution in [0.4, 0.5) is 0 Å². The number of aliphatic hydroxyl groups excluding tert-OH is 1. The molecule has 50 valence electrons. The van der Waals surface area contributed by atoms with Crippen molar-refractivity contribution in [3.63, 3.8) is 0 Å². The summed E-state index contributed by atoms with van der Waals surface area (Å²) >= 11 is 0. The van der Waals surface area contributed by atoms with Crippen LogP contribution < -0.4 is 0 Å². The number of hydrogen-bond acceptors (Lipinski definition) is 3. The Balaban J connectivity index is 3.10. The van der Waals surface area contributed by atoms with Crippen molar-refractivity contribution in [2.24, 2.45) is 0 Å². The zero-order chi connectivity index (χ0) is 6.57. The van der Waals surface area contributed by atoms with Gasteiger partial charge in [-0.25, -0.2) is 0 Å². The fourth-order valence-corrected chi connectivity index (χ4v) is 0.333. The van der Waals surface area contributed by atoms with E-state index < -0.39 is 6.29 Å². The average Bonchev–Trinajstić information content (AvgIpc) is 1.65. The molecule has 0 amide bonds. The van der Waals surface area contributed by atoms with Crippen LogP contribution in [0.3, 0.4) is 0 Å². The monoisotopic (exact) mass is 120 g/mol. The van der Waals surface area contributed by atoms with E-state index in [9.17, 15) is 0 Å². The summed E-state index contributed by atoms with van der Waals surface area (Å²) < 4.78 is 9.41. The molecular weight excluding hydrogens is 108 g/mol. The lowest BCUT2D eigenvalue weighted by Gasteiger charge is -2.12. The Morgan fingerprint density at radius 1 is 1.38 bits per heavy atom. The molecule has 8 heavy (non-hydrogen) atoms. The minimum Gasteiger partial charge on any atom is -0.368 e. The van der Waals surface area contributed by atoms with E-state index in [-0.39, 0.29) is 6.29 Å². The summed E-state index contributed by atoms with van der Waals surface area (Å²) in [4.78, 5) is 0. The van der Waals surface area contributed by atoms with E-state index in [0.717, 1.165) is 0 Å². The Morgan fingerprint density at radius 2 is 1.88 bits per heavy atom. The van der Waals surface area contributed by atoms with Crippen molar-refractivity contribution in [1.29, 1.82) is 0 Å². The van der Waals surface area contributed by atoms with Gasteiger partial charge in [-0.15, -0.1) is 0 Å². The van der Waals surface area contributed by atoms with Crippen molar-refractivity contribution < 1.29 is 14.6 Å². The normalized spacial score (nSPS) is 18.0. The van der Waals surface area contributed by atoms with Crippen LogP contribution >= 0.6 is 0 Å². The van der Waals surface area contributed by atoms with Crippen LogP contribution in [-0.2, 0) is 9.47 Å². The molecule has 2 atom stereocenters. The summed E-state index contributed by atoms with van der Waals surface area (Å²) in [7, 11) is 1.52. The Morgan fingerprint density at radius 3 is 2.00 bits per heavy atom. The van der Waals surface area contributed by atoms with Crippen LogP contribution in [-0.4, -0.2) is 24.8 Å². The molecule has 0 aliphatic rings. The van der Waals surface area contributed by atoms with E-state index in [1.165, 1.54) is 14.0 Å². The fraction of sp³-hybridized carbons (Fsp3) is 1.00. The third-order valence-corrected chi connectivity index (χ3v) is 0.721. The van der Waals surface area contributed by atoms with Gasteiger partial charge in [-0.3, -0.25) is 0 Å². The van der Waals surface area contributed by atoms with Gasteiger partial charge in [0.2, 0.25) is 0 Å². The molecule has 0 aromatic heterocycles. The molecule has 0 aromatic rings. The van der Waals surface area contributed by atoms with Crippen LogP contribution in [0.15, 0.2) is 0 Å². The SMILES string of the molecule is COC(C)OC(C)O. The molecule has 1 N–H and O–H groups in total. The highest BCUT2D eigenvalue weighted by Gasteiger charge is 2.00. The molecule has 0 bridgehead atoms. The zero-order valence-electron chi connectivity index (χ0n) is 5.42. The lowest BCUT2D eigenvalue weighted by molar-refractivity contribution is -0.202. The summed E-state index contributed by atoms with van der Waals surface area (Å²) in [5.74, 6) is 0. The van der Waals surface area contributed by atoms with Crippen molar-refractivity contribution >= 4 is 0 Å².